The molecule has 0 aliphatic rings. The molecule has 1 N–H and O–H groups in total. The Hall–Kier alpha value is -1.46. The number of benzene rings is 1. The third kappa shape index (κ3) is 3.60. The highest BCUT2D eigenvalue weighted by molar-refractivity contribution is 5.52. The second-order valence-electron chi connectivity index (χ2n) is 3.67. The molecule has 0 spiro atoms. The zero-order valence-electron chi connectivity index (χ0n) is 9.99. The highest BCUT2D eigenvalue weighted by Crippen LogP contribution is 2.17. The number of anilines is 1. The molecule has 0 aliphatic heterocycles. The van der Waals surface area contributed by atoms with Gasteiger partial charge in [0.25, 0.3) is 0 Å². The Morgan fingerprint density at radius 2 is 2.19 bits per heavy atom. The van der Waals surface area contributed by atoms with Gasteiger partial charge < -0.3 is 10.1 Å². The van der Waals surface area contributed by atoms with Gasteiger partial charge in [0.2, 0.25) is 0 Å². The standard InChI is InChI=1S/C14H19NO/c1-4-13(5-2)15-14-9-7-6-8-12(14)10-11-16-3/h1,6-9,13,15H,5,10-11H2,2-3H3. The van der Waals surface area contributed by atoms with Crippen molar-refractivity contribution >= 4 is 5.69 Å². The Balaban J connectivity index is 2.74. The van der Waals surface area contributed by atoms with Crippen LogP contribution in [0.25, 0.3) is 0 Å². The Morgan fingerprint density at radius 1 is 1.44 bits per heavy atom. The van der Waals surface area contributed by atoms with Gasteiger partial charge in [0.15, 0.2) is 0 Å². The third-order valence-corrected chi connectivity index (χ3v) is 2.53. The van der Waals surface area contributed by atoms with Gasteiger partial charge in [-0.25, -0.2) is 0 Å². The van der Waals surface area contributed by atoms with Crippen molar-refractivity contribution in [2.75, 3.05) is 19.0 Å². The van der Waals surface area contributed by atoms with Crippen molar-refractivity contribution < 1.29 is 4.74 Å². The lowest BCUT2D eigenvalue weighted by atomic mass is 10.1. The summed E-state index contributed by atoms with van der Waals surface area (Å²) in [5.74, 6) is 2.74. The molecule has 16 heavy (non-hydrogen) atoms. The monoisotopic (exact) mass is 217 g/mol. The molecule has 0 saturated carbocycles. The number of hydrogen-bond donors (Lipinski definition) is 1. The van der Waals surface area contributed by atoms with Crippen molar-refractivity contribution in [3.63, 3.8) is 0 Å². The average molecular weight is 217 g/mol. The first kappa shape index (κ1) is 12.6. The molecule has 1 rings (SSSR count). The van der Waals surface area contributed by atoms with Gasteiger partial charge in [-0.1, -0.05) is 31.0 Å². The molecule has 0 saturated heterocycles. The van der Waals surface area contributed by atoms with Crippen LogP contribution in [0.2, 0.25) is 0 Å². The molecular weight excluding hydrogens is 198 g/mol. The van der Waals surface area contributed by atoms with E-state index in [1.165, 1.54) is 5.56 Å². The first-order chi connectivity index (χ1) is 7.81. The van der Waals surface area contributed by atoms with E-state index in [-0.39, 0.29) is 6.04 Å². The van der Waals surface area contributed by atoms with Gasteiger partial charge in [0.1, 0.15) is 0 Å². The predicted octanol–water partition coefficient (Wildman–Crippen LogP) is 2.70. The molecular formula is C14H19NO. The minimum atomic E-state index is 0.101. The Labute approximate surface area is 98.0 Å². The third-order valence-electron chi connectivity index (χ3n) is 2.53. The summed E-state index contributed by atoms with van der Waals surface area (Å²) in [4.78, 5) is 0. The summed E-state index contributed by atoms with van der Waals surface area (Å²) < 4.78 is 5.09. The van der Waals surface area contributed by atoms with E-state index in [1.54, 1.807) is 7.11 Å². The Bertz CT molecular complexity index is 354. The summed E-state index contributed by atoms with van der Waals surface area (Å²) in [6.45, 7) is 2.81. The number of terminal acetylenes is 1. The van der Waals surface area contributed by atoms with Crippen molar-refractivity contribution in [2.45, 2.75) is 25.8 Å². The summed E-state index contributed by atoms with van der Waals surface area (Å²) in [7, 11) is 1.71. The second kappa shape index (κ2) is 6.92. The maximum atomic E-state index is 5.44. The van der Waals surface area contributed by atoms with Crippen LogP contribution in [0.1, 0.15) is 18.9 Å². The fourth-order valence-corrected chi connectivity index (χ4v) is 1.54. The SMILES string of the molecule is C#CC(CC)Nc1ccccc1CCOC. The lowest BCUT2D eigenvalue weighted by Gasteiger charge is -2.15. The Morgan fingerprint density at radius 3 is 2.81 bits per heavy atom. The van der Waals surface area contributed by atoms with E-state index in [0.717, 1.165) is 25.1 Å². The molecule has 1 unspecified atom stereocenters. The average Bonchev–Trinajstić information content (AvgIpc) is 2.34. The molecule has 0 heterocycles. The van der Waals surface area contributed by atoms with E-state index in [1.807, 2.05) is 12.1 Å². The molecule has 86 valence electrons. The van der Waals surface area contributed by atoms with Gasteiger partial charge in [0, 0.05) is 12.8 Å². The fourth-order valence-electron chi connectivity index (χ4n) is 1.54. The van der Waals surface area contributed by atoms with Crippen LogP contribution < -0.4 is 5.32 Å². The summed E-state index contributed by atoms with van der Waals surface area (Å²) in [5.41, 5.74) is 2.36. The van der Waals surface area contributed by atoms with E-state index in [9.17, 15) is 0 Å². The number of nitrogens with one attached hydrogen (secondary N) is 1. The van der Waals surface area contributed by atoms with E-state index in [2.05, 4.69) is 30.3 Å². The number of para-hydroxylation sites is 1. The summed E-state index contributed by atoms with van der Waals surface area (Å²) in [5, 5.41) is 3.36. The smallest absolute Gasteiger partial charge is 0.0871 e. The lowest BCUT2D eigenvalue weighted by molar-refractivity contribution is 0.202. The number of methoxy groups -OCH3 is 1. The number of ether oxygens (including phenoxy) is 1. The van der Waals surface area contributed by atoms with E-state index in [4.69, 9.17) is 11.2 Å². The van der Waals surface area contributed by atoms with Crippen molar-refractivity contribution in [1.82, 2.24) is 0 Å². The zero-order chi connectivity index (χ0) is 11.8. The highest BCUT2D eigenvalue weighted by atomic mass is 16.5. The molecule has 0 amide bonds. The van der Waals surface area contributed by atoms with Crippen LogP contribution in [0.5, 0.6) is 0 Å². The van der Waals surface area contributed by atoms with Gasteiger partial charge in [-0.3, -0.25) is 0 Å². The summed E-state index contributed by atoms with van der Waals surface area (Å²) in [6.07, 6.45) is 7.27. The van der Waals surface area contributed by atoms with Crippen molar-refractivity contribution in [2.24, 2.45) is 0 Å². The van der Waals surface area contributed by atoms with E-state index in [0.29, 0.717) is 0 Å². The Kier molecular flexibility index (Phi) is 5.45. The van der Waals surface area contributed by atoms with Gasteiger partial charge >= 0.3 is 0 Å². The van der Waals surface area contributed by atoms with E-state index >= 15 is 0 Å². The van der Waals surface area contributed by atoms with Crippen molar-refractivity contribution in [3.8, 4) is 12.3 Å². The summed E-state index contributed by atoms with van der Waals surface area (Å²) >= 11 is 0. The second-order valence-corrected chi connectivity index (χ2v) is 3.67. The molecule has 1 atom stereocenters. The molecule has 2 nitrogen and oxygen atoms in total. The normalized spacial score (nSPS) is 11.8. The maximum Gasteiger partial charge on any atom is 0.0871 e. The van der Waals surface area contributed by atoms with Gasteiger partial charge in [0.05, 0.1) is 12.6 Å². The molecule has 0 aliphatic carbocycles. The minimum Gasteiger partial charge on any atom is -0.384 e. The van der Waals surface area contributed by atoms with Crippen molar-refractivity contribution in [3.05, 3.63) is 29.8 Å². The zero-order valence-corrected chi connectivity index (χ0v) is 9.99. The first-order valence-electron chi connectivity index (χ1n) is 5.61. The quantitative estimate of drug-likeness (QED) is 0.740. The van der Waals surface area contributed by atoms with Crippen LogP contribution in [-0.4, -0.2) is 19.8 Å². The molecule has 0 bridgehead atoms. The highest BCUT2D eigenvalue weighted by Gasteiger charge is 2.05. The van der Waals surface area contributed by atoms with Gasteiger partial charge in [-0.15, -0.1) is 6.42 Å². The number of rotatable bonds is 6. The van der Waals surface area contributed by atoms with Crippen LogP contribution in [0, 0.1) is 12.3 Å². The molecule has 0 fully saturated rings. The largest absolute Gasteiger partial charge is 0.384 e. The first-order valence-corrected chi connectivity index (χ1v) is 5.61. The maximum absolute atomic E-state index is 5.44. The summed E-state index contributed by atoms with van der Waals surface area (Å²) in [6, 6.07) is 8.31. The number of hydrogen-bond acceptors (Lipinski definition) is 2. The molecule has 1 aromatic carbocycles. The van der Waals surface area contributed by atoms with Crippen LogP contribution in [0.4, 0.5) is 5.69 Å². The molecule has 2 heteroatoms. The van der Waals surface area contributed by atoms with Gasteiger partial charge in [-0.05, 0) is 24.5 Å². The minimum absolute atomic E-state index is 0.101. The fraction of sp³-hybridized carbons (Fsp3) is 0.429. The van der Waals surface area contributed by atoms with Crippen LogP contribution >= 0.6 is 0 Å². The van der Waals surface area contributed by atoms with E-state index < -0.39 is 0 Å². The van der Waals surface area contributed by atoms with Gasteiger partial charge in [-0.2, -0.15) is 0 Å². The van der Waals surface area contributed by atoms with Crippen LogP contribution in [0.3, 0.4) is 0 Å². The lowest BCUT2D eigenvalue weighted by Crippen LogP contribution is -2.17. The van der Waals surface area contributed by atoms with Crippen LogP contribution in [0.15, 0.2) is 24.3 Å². The molecule has 1 aromatic rings. The van der Waals surface area contributed by atoms with Crippen molar-refractivity contribution in [1.29, 1.82) is 0 Å². The van der Waals surface area contributed by atoms with Crippen LogP contribution in [-0.2, 0) is 11.2 Å². The predicted molar refractivity (Wildman–Crippen MR) is 68.6 cm³/mol. The topological polar surface area (TPSA) is 21.3 Å². The molecule has 0 radical (unpaired) electrons. The molecule has 0 aromatic heterocycles.